The molecule has 1 N–H and O–H groups in total. The third-order valence-electron chi connectivity index (χ3n) is 4.52. The summed E-state index contributed by atoms with van der Waals surface area (Å²) in [5.74, 6) is 0.711. The van der Waals surface area contributed by atoms with Crippen LogP contribution in [-0.4, -0.2) is 26.5 Å². The molecule has 25 heavy (non-hydrogen) atoms. The second-order valence-electron chi connectivity index (χ2n) is 7.11. The van der Waals surface area contributed by atoms with Gasteiger partial charge < -0.3 is 5.32 Å². The average molecular weight is 341 g/mol. The summed E-state index contributed by atoms with van der Waals surface area (Å²) in [5.41, 5.74) is 3.85. The zero-order valence-electron chi connectivity index (χ0n) is 15.8. The second-order valence-corrected chi connectivity index (χ2v) is 7.11. The van der Waals surface area contributed by atoms with E-state index in [0.29, 0.717) is 30.0 Å². The van der Waals surface area contributed by atoms with Gasteiger partial charge >= 0.3 is 0 Å². The Hall–Kier alpha value is -2.42. The van der Waals surface area contributed by atoms with Gasteiger partial charge in [-0.05, 0) is 51.5 Å². The lowest BCUT2D eigenvalue weighted by molar-refractivity contribution is -0.121. The van der Waals surface area contributed by atoms with Gasteiger partial charge in [0.05, 0.1) is 6.20 Å². The molecule has 1 amide bonds. The maximum absolute atomic E-state index is 12.2. The Balaban J connectivity index is 2.03. The van der Waals surface area contributed by atoms with Crippen LogP contribution in [0.15, 0.2) is 6.20 Å². The van der Waals surface area contributed by atoms with Gasteiger partial charge in [0.2, 0.25) is 5.91 Å². The SMILES string of the molecule is Cc1nc2c(C#N)cnn2c(C)c1CCC(=O)N[C@H](C)CCC(C)C. The second kappa shape index (κ2) is 8.11. The van der Waals surface area contributed by atoms with Crippen LogP contribution in [0, 0.1) is 31.1 Å². The third kappa shape index (κ3) is 4.56. The van der Waals surface area contributed by atoms with Gasteiger partial charge in [0, 0.05) is 23.9 Å². The topological polar surface area (TPSA) is 83.1 Å². The van der Waals surface area contributed by atoms with E-state index >= 15 is 0 Å². The Morgan fingerprint density at radius 3 is 2.68 bits per heavy atom. The van der Waals surface area contributed by atoms with Crippen LogP contribution in [0.3, 0.4) is 0 Å². The number of nitriles is 1. The van der Waals surface area contributed by atoms with Gasteiger partial charge in [-0.15, -0.1) is 0 Å². The highest BCUT2D eigenvalue weighted by molar-refractivity contribution is 5.76. The Bertz CT molecular complexity index is 800. The minimum Gasteiger partial charge on any atom is -0.354 e. The summed E-state index contributed by atoms with van der Waals surface area (Å²) in [6, 6.07) is 2.30. The van der Waals surface area contributed by atoms with Gasteiger partial charge in [-0.1, -0.05) is 13.8 Å². The van der Waals surface area contributed by atoms with Gasteiger partial charge in [-0.25, -0.2) is 9.50 Å². The Morgan fingerprint density at radius 2 is 2.04 bits per heavy atom. The normalized spacial score (nSPS) is 12.4. The summed E-state index contributed by atoms with van der Waals surface area (Å²) in [6.45, 7) is 10.3. The number of hydrogen-bond acceptors (Lipinski definition) is 4. The summed E-state index contributed by atoms with van der Waals surface area (Å²) < 4.78 is 1.68. The van der Waals surface area contributed by atoms with E-state index in [1.54, 1.807) is 4.52 Å². The van der Waals surface area contributed by atoms with Crippen LogP contribution < -0.4 is 5.32 Å². The number of aromatic nitrogens is 3. The van der Waals surface area contributed by atoms with Gasteiger partial charge in [-0.2, -0.15) is 10.4 Å². The number of carbonyl (C=O) groups is 1. The molecular formula is C19H27N5O. The molecule has 2 rings (SSSR count). The molecule has 2 heterocycles. The summed E-state index contributed by atoms with van der Waals surface area (Å²) in [5, 5.41) is 16.4. The smallest absolute Gasteiger partial charge is 0.220 e. The van der Waals surface area contributed by atoms with Crippen LogP contribution in [0.25, 0.3) is 5.65 Å². The standard InChI is InChI=1S/C19H27N5O/c1-12(2)6-7-13(3)22-18(25)9-8-17-14(4)23-19-16(10-20)11-21-24(19)15(17)5/h11-13H,6-9H2,1-5H3,(H,22,25)/t13-/m1/s1. The molecule has 0 radical (unpaired) electrons. The Labute approximate surface area is 149 Å². The predicted molar refractivity (Wildman–Crippen MR) is 97.2 cm³/mol. The maximum atomic E-state index is 12.2. The number of fused-ring (bicyclic) bond motifs is 1. The molecule has 0 spiro atoms. The zero-order valence-corrected chi connectivity index (χ0v) is 15.8. The van der Waals surface area contributed by atoms with Crippen molar-refractivity contribution >= 4 is 11.6 Å². The molecule has 6 nitrogen and oxygen atoms in total. The van der Waals surface area contributed by atoms with Crippen LogP contribution in [0.2, 0.25) is 0 Å². The molecule has 0 saturated heterocycles. The van der Waals surface area contributed by atoms with E-state index in [1.165, 1.54) is 6.20 Å². The lowest BCUT2D eigenvalue weighted by atomic mass is 10.0. The van der Waals surface area contributed by atoms with Crippen molar-refractivity contribution in [1.29, 1.82) is 5.26 Å². The third-order valence-corrected chi connectivity index (χ3v) is 4.52. The highest BCUT2D eigenvalue weighted by Gasteiger charge is 2.15. The van der Waals surface area contributed by atoms with Crippen molar-refractivity contribution in [3.05, 3.63) is 28.7 Å². The molecule has 134 valence electrons. The first-order valence-corrected chi connectivity index (χ1v) is 8.86. The molecule has 2 aromatic heterocycles. The van der Waals surface area contributed by atoms with Gasteiger partial charge in [0.1, 0.15) is 11.6 Å². The molecule has 2 aromatic rings. The largest absolute Gasteiger partial charge is 0.354 e. The number of aryl methyl sites for hydroxylation is 2. The van der Waals surface area contributed by atoms with Gasteiger partial charge in [-0.3, -0.25) is 4.79 Å². The van der Waals surface area contributed by atoms with Gasteiger partial charge in [0.25, 0.3) is 0 Å². The first-order valence-electron chi connectivity index (χ1n) is 8.86. The van der Waals surface area contributed by atoms with E-state index in [9.17, 15) is 4.79 Å². The van der Waals surface area contributed by atoms with Crippen molar-refractivity contribution in [3.63, 3.8) is 0 Å². The van der Waals surface area contributed by atoms with E-state index in [1.807, 2.05) is 13.8 Å². The van der Waals surface area contributed by atoms with Crippen molar-refractivity contribution in [1.82, 2.24) is 19.9 Å². The first kappa shape index (κ1) is 18.9. The number of nitrogens with one attached hydrogen (secondary N) is 1. The molecule has 0 aromatic carbocycles. The zero-order chi connectivity index (χ0) is 18.6. The minimum absolute atomic E-state index is 0.0633. The minimum atomic E-state index is 0.0633. The molecule has 0 unspecified atom stereocenters. The summed E-state index contributed by atoms with van der Waals surface area (Å²) >= 11 is 0. The lowest BCUT2D eigenvalue weighted by Gasteiger charge is -2.16. The fraction of sp³-hybridized carbons (Fsp3) is 0.579. The van der Waals surface area contributed by atoms with E-state index in [-0.39, 0.29) is 11.9 Å². The molecule has 0 aliphatic rings. The van der Waals surface area contributed by atoms with Crippen LogP contribution >= 0.6 is 0 Å². The van der Waals surface area contributed by atoms with E-state index in [4.69, 9.17) is 5.26 Å². The lowest BCUT2D eigenvalue weighted by Crippen LogP contribution is -2.33. The fourth-order valence-electron chi connectivity index (χ4n) is 2.99. The predicted octanol–water partition coefficient (Wildman–Crippen LogP) is 3.09. The monoisotopic (exact) mass is 341 g/mol. The van der Waals surface area contributed by atoms with Crippen molar-refractivity contribution in [2.45, 2.75) is 66.3 Å². The number of carbonyl (C=O) groups excluding carboxylic acids is 1. The summed E-state index contributed by atoms with van der Waals surface area (Å²) in [7, 11) is 0. The summed E-state index contributed by atoms with van der Waals surface area (Å²) in [4.78, 5) is 16.7. The molecule has 1 atom stereocenters. The van der Waals surface area contributed by atoms with Crippen molar-refractivity contribution < 1.29 is 4.79 Å². The van der Waals surface area contributed by atoms with E-state index in [2.05, 4.69) is 42.2 Å². The average Bonchev–Trinajstić information content (AvgIpc) is 2.95. The quantitative estimate of drug-likeness (QED) is 0.839. The number of amides is 1. The van der Waals surface area contributed by atoms with Crippen molar-refractivity contribution in [2.24, 2.45) is 5.92 Å². The molecule has 0 saturated carbocycles. The van der Waals surface area contributed by atoms with Gasteiger partial charge in [0.15, 0.2) is 5.65 Å². The van der Waals surface area contributed by atoms with Crippen molar-refractivity contribution in [3.8, 4) is 6.07 Å². The highest BCUT2D eigenvalue weighted by atomic mass is 16.1. The number of nitrogens with zero attached hydrogens (tertiary/aromatic N) is 4. The molecule has 6 heteroatoms. The van der Waals surface area contributed by atoms with Crippen LogP contribution in [0.4, 0.5) is 0 Å². The fourth-order valence-corrected chi connectivity index (χ4v) is 2.99. The Morgan fingerprint density at radius 1 is 1.32 bits per heavy atom. The first-order chi connectivity index (χ1) is 11.8. The van der Waals surface area contributed by atoms with Crippen molar-refractivity contribution in [2.75, 3.05) is 0 Å². The highest BCUT2D eigenvalue weighted by Crippen LogP contribution is 2.18. The molecule has 0 aliphatic heterocycles. The Kier molecular flexibility index (Phi) is 6.13. The molecule has 0 bridgehead atoms. The molecule has 0 fully saturated rings. The van der Waals surface area contributed by atoms with Crippen LogP contribution in [0.5, 0.6) is 0 Å². The van der Waals surface area contributed by atoms with Crippen LogP contribution in [-0.2, 0) is 11.2 Å². The van der Waals surface area contributed by atoms with E-state index in [0.717, 1.165) is 29.8 Å². The number of rotatable bonds is 7. The molecule has 0 aliphatic carbocycles. The maximum Gasteiger partial charge on any atom is 0.220 e. The summed E-state index contributed by atoms with van der Waals surface area (Å²) in [6.07, 6.45) is 4.68. The van der Waals surface area contributed by atoms with E-state index < -0.39 is 0 Å². The van der Waals surface area contributed by atoms with Crippen LogP contribution in [0.1, 0.15) is 62.5 Å². The molecular weight excluding hydrogens is 314 g/mol. The number of hydrogen-bond donors (Lipinski definition) is 1.